The highest BCUT2D eigenvalue weighted by atomic mass is 19.1. The number of nitrogens with one attached hydrogen (secondary N) is 2. The van der Waals surface area contributed by atoms with Crippen molar-refractivity contribution in [3.8, 4) is 17.1 Å². The van der Waals surface area contributed by atoms with Gasteiger partial charge in [-0.15, -0.1) is 0 Å². The van der Waals surface area contributed by atoms with Crippen LogP contribution >= 0.6 is 0 Å². The number of aromatic nitrogens is 7. The smallest absolute Gasteiger partial charge is 0.262 e. The maximum atomic E-state index is 14.0. The van der Waals surface area contributed by atoms with Crippen LogP contribution in [0.1, 0.15) is 30.9 Å². The molecule has 0 spiro atoms. The van der Waals surface area contributed by atoms with Crippen molar-refractivity contribution in [2.24, 2.45) is 5.92 Å². The molecule has 1 aliphatic carbocycles. The van der Waals surface area contributed by atoms with Crippen LogP contribution in [0.2, 0.25) is 0 Å². The van der Waals surface area contributed by atoms with Crippen molar-refractivity contribution in [2.45, 2.75) is 32.3 Å². The predicted octanol–water partition coefficient (Wildman–Crippen LogP) is 3.91. The first-order valence-electron chi connectivity index (χ1n) is 11.9. The second kappa shape index (κ2) is 8.77. The molecule has 38 heavy (non-hydrogen) atoms. The lowest BCUT2D eigenvalue weighted by atomic mass is 9.92. The number of aliphatic hydroxyl groups is 1. The molecule has 5 heterocycles. The highest BCUT2D eigenvalue weighted by Gasteiger charge is 2.43. The van der Waals surface area contributed by atoms with Crippen LogP contribution in [-0.2, 0) is 5.60 Å². The van der Waals surface area contributed by atoms with E-state index in [2.05, 4.69) is 35.5 Å². The van der Waals surface area contributed by atoms with Gasteiger partial charge in [0.1, 0.15) is 11.6 Å². The van der Waals surface area contributed by atoms with E-state index in [1.54, 1.807) is 37.5 Å². The van der Waals surface area contributed by atoms with Crippen LogP contribution in [0.15, 0.2) is 53.8 Å². The van der Waals surface area contributed by atoms with Gasteiger partial charge in [-0.25, -0.2) is 23.7 Å². The van der Waals surface area contributed by atoms with E-state index in [0.29, 0.717) is 34.2 Å². The van der Waals surface area contributed by atoms with E-state index in [1.807, 2.05) is 6.92 Å². The highest BCUT2D eigenvalue weighted by molar-refractivity contribution is 5.91. The van der Waals surface area contributed by atoms with Crippen LogP contribution in [-0.4, -0.2) is 39.8 Å². The molecule has 10 nitrogen and oxygen atoms in total. The van der Waals surface area contributed by atoms with Gasteiger partial charge in [-0.1, -0.05) is 0 Å². The van der Waals surface area contributed by atoms with Gasteiger partial charge in [-0.2, -0.15) is 10.1 Å². The minimum Gasteiger partial charge on any atom is -0.385 e. The van der Waals surface area contributed by atoms with Gasteiger partial charge in [0, 0.05) is 35.8 Å². The average molecular weight is 517 g/mol. The fourth-order valence-electron chi connectivity index (χ4n) is 4.52. The largest absolute Gasteiger partial charge is 0.385 e. The van der Waals surface area contributed by atoms with Crippen molar-refractivity contribution < 1.29 is 13.9 Å². The number of anilines is 2. The van der Waals surface area contributed by atoms with Gasteiger partial charge >= 0.3 is 0 Å². The highest BCUT2D eigenvalue weighted by Crippen LogP contribution is 2.44. The van der Waals surface area contributed by atoms with Crippen molar-refractivity contribution >= 4 is 22.8 Å². The number of rotatable bonds is 6. The van der Waals surface area contributed by atoms with E-state index < -0.39 is 17.2 Å². The second-order valence-electron chi connectivity index (χ2n) is 9.51. The first-order chi connectivity index (χ1) is 18.2. The molecule has 5 aromatic rings. The summed E-state index contributed by atoms with van der Waals surface area (Å²) >= 11 is 0. The average Bonchev–Trinajstić information content (AvgIpc) is 3.68. The van der Waals surface area contributed by atoms with Crippen molar-refractivity contribution in [1.82, 2.24) is 34.7 Å². The maximum Gasteiger partial charge on any atom is 0.262 e. The van der Waals surface area contributed by atoms with Crippen LogP contribution in [0.5, 0.6) is 0 Å². The third-order valence-electron chi connectivity index (χ3n) is 6.82. The Balaban J connectivity index is 1.37. The Morgan fingerprint density at radius 2 is 1.97 bits per heavy atom. The zero-order valence-electron chi connectivity index (χ0n) is 20.4. The molecule has 1 saturated carbocycles. The van der Waals surface area contributed by atoms with Gasteiger partial charge in [-0.05, 0) is 56.4 Å². The molecule has 0 aromatic carbocycles. The molecule has 0 radical (unpaired) electrons. The predicted molar refractivity (Wildman–Crippen MR) is 135 cm³/mol. The summed E-state index contributed by atoms with van der Waals surface area (Å²) in [5.41, 5.74) is 1.24. The summed E-state index contributed by atoms with van der Waals surface area (Å²) in [7, 11) is 0. The summed E-state index contributed by atoms with van der Waals surface area (Å²) in [5.74, 6) is -1.41. The molecule has 6 rings (SSSR count). The van der Waals surface area contributed by atoms with E-state index in [1.165, 1.54) is 10.8 Å². The lowest BCUT2D eigenvalue weighted by molar-refractivity contribution is 0.0314. The first kappa shape index (κ1) is 23.8. The van der Waals surface area contributed by atoms with Gasteiger partial charge in [0.15, 0.2) is 17.3 Å². The Bertz CT molecular complexity index is 1760. The Kier molecular flexibility index (Phi) is 5.49. The normalized spacial score (nSPS) is 15.0. The topological polar surface area (TPSA) is 134 Å². The number of pyridine rings is 3. The Labute approximate surface area is 214 Å². The molecule has 1 fully saturated rings. The number of nitrogens with zero attached hydrogens (tertiary/aromatic N) is 6. The molecule has 0 bridgehead atoms. The van der Waals surface area contributed by atoms with Crippen molar-refractivity contribution in [1.29, 1.82) is 0 Å². The molecule has 192 valence electrons. The minimum atomic E-state index is -1.21. The second-order valence-corrected chi connectivity index (χ2v) is 9.51. The summed E-state index contributed by atoms with van der Waals surface area (Å²) < 4.78 is 28.5. The fourth-order valence-corrected chi connectivity index (χ4v) is 4.52. The van der Waals surface area contributed by atoms with Crippen LogP contribution in [0.3, 0.4) is 0 Å². The summed E-state index contributed by atoms with van der Waals surface area (Å²) in [6.45, 7) is 3.55. The van der Waals surface area contributed by atoms with Crippen molar-refractivity contribution in [2.75, 3.05) is 5.32 Å². The van der Waals surface area contributed by atoms with E-state index in [-0.39, 0.29) is 23.2 Å². The van der Waals surface area contributed by atoms with E-state index in [4.69, 9.17) is 0 Å². The summed E-state index contributed by atoms with van der Waals surface area (Å²) in [4.78, 5) is 30.0. The minimum absolute atomic E-state index is 0.0341. The van der Waals surface area contributed by atoms with Gasteiger partial charge < -0.3 is 10.4 Å². The number of fused-ring (bicyclic) bond motifs is 1. The molecular formula is C26H22F2N8O2. The number of halogens is 2. The van der Waals surface area contributed by atoms with Gasteiger partial charge in [-0.3, -0.25) is 14.5 Å². The number of hydrogen-bond donors (Lipinski definition) is 3. The standard InChI is InChI=1S/C26H22F2N8O2/c1-13-10-29-20(36-7-3-4-18(24(36)37)26(2,38)14-5-6-14)9-16(13)21-17-12-31-25(32-22(17)35-34-21)33-23-19(28)8-15(27)11-30-23/h3-4,7-12,14,38H,5-6H2,1-2H3,(H2,30,31,32,33,34,35)/t26-/m0/s1. The Morgan fingerprint density at radius 1 is 1.16 bits per heavy atom. The van der Waals surface area contributed by atoms with Gasteiger partial charge in [0.25, 0.3) is 5.56 Å². The Morgan fingerprint density at radius 3 is 2.74 bits per heavy atom. The molecular weight excluding hydrogens is 494 g/mol. The number of aromatic amines is 1. The number of H-pyrrole nitrogens is 1. The molecule has 3 N–H and O–H groups in total. The number of aryl methyl sites for hydroxylation is 1. The lowest BCUT2D eigenvalue weighted by Gasteiger charge is -2.23. The van der Waals surface area contributed by atoms with Crippen molar-refractivity contribution in [3.05, 3.63) is 82.2 Å². The summed E-state index contributed by atoms with van der Waals surface area (Å²) in [6, 6.07) is 5.84. The molecule has 0 unspecified atom stereocenters. The van der Waals surface area contributed by atoms with E-state index in [9.17, 15) is 18.7 Å². The summed E-state index contributed by atoms with van der Waals surface area (Å²) in [6.07, 6.45) is 7.43. The zero-order chi connectivity index (χ0) is 26.6. The third-order valence-corrected chi connectivity index (χ3v) is 6.82. The lowest BCUT2D eigenvalue weighted by Crippen LogP contribution is -2.34. The molecule has 0 saturated heterocycles. The fraction of sp³-hybridized carbons (Fsp3) is 0.231. The summed E-state index contributed by atoms with van der Waals surface area (Å²) in [5, 5.41) is 21.4. The SMILES string of the molecule is Cc1cnc(-n2cccc([C@@](C)(O)C3CC3)c2=O)cc1-c1[nH]nc2nc(Nc3ncc(F)cc3F)ncc12. The number of hydrogen-bond acceptors (Lipinski definition) is 8. The monoisotopic (exact) mass is 516 g/mol. The van der Waals surface area contributed by atoms with Crippen molar-refractivity contribution in [3.63, 3.8) is 0 Å². The maximum absolute atomic E-state index is 14.0. The molecule has 0 amide bonds. The van der Waals surface area contributed by atoms with E-state index in [0.717, 1.165) is 30.2 Å². The van der Waals surface area contributed by atoms with Crippen LogP contribution < -0.4 is 10.9 Å². The molecule has 12 heteroatoms. The Hall–Kier alpha value is -4.58. The van der Waals surface area contributed by atoms with Gasteiger partial charge in [0.05, 0.1) is 22.9 Å². The molecule has 1 atom stereocenters. The van der Waals surface area contributed by atoms with Crippen LogP contribution in [0.25, 0.3) is 28.1 Å². The third kappa shape index (κ3) is 4.08. The quantitative estimate of drug-likeness (QED) is 0.309. The molecule has 5 aromatic heterocycles. The molecule has 1 aliphatic rings. The van der Waals surface area contributed by atoms with Crippen LogP contribution in [0.4, 0.5) is 20.5 Å². The van der Waals surface area contributed by atoms with E-state index >= 15 is 0 Å². The van der Waals surface area contributed by atoms with Gasteiger partial charge in [0.2, 0.25) is 5.95 Å². The zero-order valence-corrected chi connectivity index (χ0v) is 20.4. The molecule has 0 aliphatic heterocycles. The van der Waals surface area contributed by atoms with Crippen LogP contribution in [0, 0.1) is 24.5 Å². The first-order valence-corrected chi connectivity index (χ1v) is 11.9.